The summed E-state index contributed by atoms with van der Waals surface area (Å²) in [5, 5.41) is 3.44. The number of hydrogen-bond donors (Lipinski definition) is 2. The third-order valence-electron chi connectivity index (χ3n) is 4.49. The molecule has 1 aliphatic rings. The normalized spacial score (nSPS) is 16.4. The predicted molar refractivity (Wildman–Crippen MR) is 97.4 cm³/mol. The maximum Gasteiger partial charge on any atom is 0.0421 e. The molecule has 122 valence electrons. The van der Waals surface area contributed by atoms with Gasteiger partial charge in [-0.1, -0.05) is 30.3 Å². The van der Waals surface area contributed by atoms with Gasteiger partial charge in [-0.15, -0.1) is 0 Å². The summed E-state index contributed by atoms with van der Waals surface area (Å²) < 4.78 is 0. The molecule has 0 saturated carbocycles. The maximum absolute atomic E-state index is 5.97. The van der Waals surface area contributed by atoms with Crippen LogP contribution in [0.1, 0.15) is 11.1 Å². The van der Waals surface area contributed by atoms with Crippen LogP contribution in [-0.2, 0) is 13.1 Å². The second-order valence-corrected chi connectivity index (χ2v) is 6.33. The van der Waals surface area contributed by atoms with E-state index in [0.717, 1.165) is 56.2 Å². The third kappa shape index (κ3) is 4.47. The number of anilines is 2. The molecule has 0 aromatic heterocycles. The molecule has 4 nitrogen and oxygen atoms in total. The highest BCUT2D eigenvalue weighted by Gasteiger charge is 2.13. The van der Waals surface area contributed by atoms with Gasteiger partial charge in [-0.05, 0) is 36.4 Å². The van der Waals surface area contributed by atoms with Gasteiger partial charge < -0.3 is 16.0 Å². The minimum Gasteiger partial charge on any atom is -0.398 e. The van der Waals surface area contributed by atoms with Gasteiger partial charge in [-0.2, -0.15) is 0 Å². The Bertz CT molecular complexity index is 616. The first-order valence-corrected chi connectivity index (χ1v) is 8.28. The molecule has 0 spiro atoms. The van der Waals surface area contributed by atoms with Gasteiger partial charge in [0.15, 0.2) is 0 Å². The van der Waals surface area contributed by atoms with Crippen LogP contribution in [-0.4, -0.2) is 43.0 Å². The Balaban J connectivity index is 1.52. The number of para-hydroxylation sites is 1. The summed E-state index contributed by atoms with van der Waals surface area (Å²) >= 11 is 0. The van der Waals surface area contributed by atoms with Crippen LogP contribution in [0.25, 0.3) is 0 Å². The molecule has 0 amide bonds. The van der Waals surface area contributed by atoms with Crippen LogP contribution >= 0.6 is 0 Å². The number of hydrogen-bond acceptors (Lipinski definition) is 4. The summed E-state index contributed by atoms with van der Waals surface area (Å²) in [7, 11) is 2.19. The average molecular weight is 310 g/mol. The number of benzene rings is 2. The lowest BCUT2D eigenvalue weighted by atomic mass is 10.1. The summed E-state index contributed by atoms with van der Waals surface area (Å²) in [4.78, 5) is 4.91. The van der Waals surface area contributed by atoms with E-state index in [9.17, 15) is 0 Å². The van der Waals surface area contributed by atoms with Crippen molar-refractivity contribution < 1.29 is 0 Å². The first kappa shape index (κ1) is 15.8. The van der Waals surface area contributed by atoms with Crippen molar-refractivity contribution >= 4 is 11.4 Å². The molecule has 1 aliphatic heterocycles. The fourth-order valence-electron chi connectivity index (χ4n) is 2.88. The lowest BCUT2D eigenvalue weighted by Crippen LogP contribution is -2.43. The highest BCUT2D eigenvalue weighted by molar-refractivity contribution is 5.50. The zero-order chi connectivity index (χ0) is 16.1. The molecule has 2 aromatic rings. The van der Waals surface area contributed by atoms with Gasteiger partial charge in [0, 0.05) is 50.6 Å². The molecule has 0 aliphatic carbocycles. The largest absolute Gasteiger partial charge is 0.398 e. The van der Waals surface area contributed by atoms with E-state index in [2.05, 4.69) is 52.5 Å². The summed E-state index contributed by atoms with van der Waals surface area (Å²) in [5.74, 6) is 0. The number of nitrogen functional groups attached to an aromatic ring is 1. The molecular formula is C19H26N4. The van der Waals surface area contributed by atoms with Gasteiger partial charge in [0.25, 0.3) is 0 Å². The summed E-state index contributed by atoms with van der Waals surface area (Å²) in [6, 6.07) is 16.7. The lowest BCUT2D eigenvalue weighted by molar-refractivity contribution is 0.148. The predicted octanol–water partition coefficient (Wildman–Crippen LogP) is 2.63. The number of likely N-dealkylation sites (N-methyl/N-ethyl adjacent to an activating group) is 1. The smallest absolute Gasteiger partial charge is 0.0421 e. The molecule has 0 radical (unpaired) electrons. The molecule has 4 heteroatoms. The number of nitrogens with one attached hydrogen (secondary N) is 1. The van der Waals surface area contributed by atoms with Gasteiger partial charge in [0.2, 0.25) is 0 Å². The number of piperazine rings is 1. The SMILES string of the molecule is CN1CCN(Cc2ccc(NCc3ccccc3N)cc2)CC1. The van der Waals surface area contributed by atoms with E-state index in [-0.39, 0.29) is 0 Å². The molecule has 0 atom stereocenters. The Morgan fingerprint density at radius 3 is 2.35 bits per heavy atom. The maximum atomic E-state index is 5.97. The third-order valence-corrected chi connectivity index (χ3v) is 4.49. The van der Waals surface area contributed by atoms with E-state index in [1.54, 1.807) is 0 Å². The van der Waals surface area contributed by atoms with Gasteiger partial charge in [-0.3, -0.25) is 4.90 Å². The summed E-state index contributed by atoms with van der Waals surface area (Å²) in [6.07, 6.45) is 0. The van der Waals surface area contributed by atoms with E-state index < -0.39 is 0 Å². The average Bonchev–Trinajstić information content (AvgIpc) is 2.58. The van der Waals surface area contributed by atoms with Crippen molar-refractivity contribution in [2.24, 2.45) is 0 Å². The van der Waals surface area contributed by atoms with Crippen molar-refractivity contribution in [1.29, 1.82) is 0 Å². The highest BCUT2D eigenvalue weighted by atomic mass is 15.2. The molecule has 23 heavy (non-hydrogen) atoms. The number of rotatable bonds is 5. The minimum atomic E-state index is 0.754. The Kier molecular flexibility index (Phi) is 5.16. The van der Waals surface area contributed by atoms with Gasteiger partial charge in [-0.25, -0.2) is 0 Å². The van der Waals surface area contributed by atoms with Crippen molar-refractivity contribution in [3.63, 3.8) is 0 Å². The Morgan fingerprint density at radius 2 is 1.65 bits per heavy atom. The van der Waals surface area contributed by atoms with Crippen LogP contribution < -0.4 is 11.1 Å². The van der Waals surface area contributed by atoms with E-state index in [0.29, 0.717) is 0 Å². The number of nitrogens with zero attached hydrogens (tertiary/aromatic N) is 2. The van der Waals surface area contributed by atoms with Crippen LogP contribution in [0.4, 0.5) is 11.4 Å². The van der Waals surface area contributed by atoms with Crippen molar-refractivity contribution in [1.82, 2.24) is 9.80 Å². The quantitative estimate of drug-likeness (QED) is 0.833. The molecule has 3 rings (SSSR count). The summed E-state index contributed by atoms with van der Waals surface area (Å²) in [6.45, 7) is 6.44. The number of nitrogens with two attached hydrogens (primary N) is 1. The zero-order valence-electron chi connectivity index (χ0n) is 13.8. The van der Waals surface area contributed by atoms with Crippen LogP contribution in [0, 0.1) is 0 Å². The molecule has 3 N–H and O–H groups in total. The molecule has 1 heterocycles. The van der Waals surface area contributed by atoms with E-state index in [1.807, 2.05) is 18.2 Å². The fraction of sp³-hybridized carbons (Fsp3) is 0.368. The highest BCUT2D eigenvalue weighted by Crippen LogP contribution is 2.16. The molecule has 1 fully saturated rings. The fourth-order valence-corrected chi connectivity index (χ4v) is 2.88. The van der Waals surface area contributed by atoms with Crippen LogP contribution in [0.15, 0.2) is 48.5 Å². The Morgan fingerprint density at radius 1 is 0.957 bits per heavy atom. The van der Waals surface area contributed by atoms with Gasteiger partial charge >= 0.3 is 0 Å². The zero-order valence-corrected chi connectivity index (χ0v) is 13.8. The second-order valence-electron chi connectivity index (χ2n) is 6.33. The van der Waals surface area contributed by atoms with Crippen molar-refractivity contribution in [3.05, 3.63) is 59.7 Å². The topological polar surface area (TPSA) is 44.5 Å². The van der Waals surface area contributed by atoms with Crippen molar-refractivity contribution in [2.45, 2.75) is 13.1 Å². The molecule has 0 unspecified atom stereocenters. The van der Waals surface area contributed by atoms with Crippen LogP contribution in [0.5, 0.6) is 0 Å². The van der Waals surface area contributed by atoms with Crippen LogP contribution in [0.2, 0.25) is 0 Å². The monoisotopic (exact) mass is 310 g/mol. The van der Waals surface area contributed by atoms with Crippen molar-refractivity contribution in [3.8, 4) is 0 Å². The molecule has 2 aromatic carbocycles. The van der Waals surface area contributed by atoms with Crippen molar-refractivity contribution in [2.75, 3.05) is 44.3 Å². The first-order chi connectivity index (χ1) is 11.2. The molecule has 1 saturated heterocycles. The molecular weight excluding hydrogens is 284 g/mol. The summed E-state index contributed by atoms with van der Waals surface area (Å²) in [5.41, 5.74) is 10.5. The first-order valence-electron chi connectivity index (χ1n) is 8.28. The van der Waals surface area contributed by atoms with E-state index in [1.165, 1.54) is 5.56 Å². The minimum absolute atomic E-state index is 0.754. The standard InChI is InChI=1S/C19H26N4/c1-22-10-12-23(13-11-22)15-16-6-8-18(9-7-16)21-14-17-4-2-3-5-19(17)20/h2-9,21H,10-15,20H2,1H3. The molecule has 0 bridgehead atoms. The Labute approximate surface area is 138 Å². The van der Waals surface area contributed by atoms with E-state index >= 15 is 0 Å². The van der Waals surface area contributed by atoms with E-state index in [4.69, 9.17) is 5.73 Å². The lowest BCUT2D eigenvalue weighted by Gasteiger charge is -2.32. The van der Waals surface area contributed by atoms with Gasteiger partial charge in [0.1, 0.15) is 0 Å². The van der Waals surface area contributed by atoms with Gasteiger partial charge in [0.05, 0.1) is 0 Å². The van der Waals surface area contributed by atoms with Crippen LogP contribution in [0.3, 0.4) is 0 Å². The Hall–Kier alpha value is -2.04. The second kappa shape index (κ2) is 7.49.